The fourth-order valence-corrected chi connectivity index (χ4v) is 0.354. The zero-order valence-corrected chi connectivity index (χ0v) is 4.12. The van der Waals surface area contributed by atoms with Gasteiger partial charge in [0.2, 0.25) is 0 Å². The van der Waals surface area contributed by atoms with Crippen molar-refractivity contribution in [3.8, 4) is 0 Å². The molecule has 0 rings (SSSR count). The zero-order chi connectivity index (χ0) is 4.12. The van der Waals surface area contributed by atoms with Gasteiger partial charge in [0.1, 0.15) is 0 Å². The fraction of sp³-hybridized carbons (Fsp3) is 1.00. The molecule has 0 aliphatic carbocycles. The Balaban J connectivity index is 0. The van der Waals surface area contributed by atoms with Gasteiger partial charge in [-0.15, -0.1) is 0 Å². The Labute approximate surface area is 62.6 Å². The third kappa shape index (κ3) is 8.89. The molecule has 34 valence electrons. The molecule has 0 aliphatic heterocycles. The summed E-state index contributed by atoms with van der Waals surface area (Å²) in [6, 6.07) is 0. The molecule has 6 heavy (non-hydrogen) atoms. The molecule has 0 fully saturated rings. The summed E-state index contributed by atoms with van der Waals surface area (Å²) in [7, 11) is 0. The van der Waals surface area contributed by atoms with Crippen LogP contribution in [0.5, 0.6) is 0 Å². The average molecular weight is 96.1 g/mol. The maximum absolute atomic E-state index is 2.21. The van der Waals surface area contributed by atoms with Crippen LogP contribution in [-0.2, 0) is 0 Å². The summed E-state index contributed by atoms with van der Waals surface area (Å²) in [6.45, 7) is 4.42. The monoisotopic (exact) mass is 96.1 g/mol. The number of hydrogen-bond acceptors (Lipinski definition) is 0. The summed E-state index contributed by atoms with van der Waals surface area (Å²) in [5.74, 6) is 0. The van der Waals surface area contributed by atoms with Crippen LogP contribution in [-0.4, -0.2) is 29.6 Å². The van der Waals surface area contributed by atoms with Crippen molar-refractivity contribution < 1.29 is 0 Å². The minimum absolute atomic E-state index is 0. The van der Waals surface area contributed by atoms with Gasteiger partial charge < -0.3 is 0 Å². The Kier molecular flexibility index (Phi) is 15.8. The first-order valence-corrected chi connectivity index (χ1v) is 2.41. The van der Waals surface area contributed by atoms with Gasteiger partial charge in [-0.25, -0.2) is 0 Å². The van der Waals surface area contributed by atoms with E-state index in [2.05, 4.69) is 13.8 Å². The predicted molar refractivity (Wildman–Crippen MR) is 32.3 cm³/mol. The van der Waals surface area contributed by atoms with E-state index in [1.54, 1.807) is 0 Å². The first kappa shape index (κ1) is 10.1. The molecule has 0 aromatic carbocycles. The quantitative estimate of drug-likeness (QED) is 0.457. The van der Waals surface area contributed by atoms with E-state index in [1.165, 1.54) is 19.3 Å². The molecule has 0 aromatic rings. The van der Waals surface area contributed by atoms with Crippen molar-refractivity contribution in [1.82, 2.24) is 0 Å². The van der Waals surface area contributed by atoms with Crippen molar-refractivity contribution in [1.29, 1.82) is 0 Å². The molecule has 0 atom stereocenters. The molecule has 0 spiro atoms. The van der Waals surface area contributed by atoms with Crippen molar-refractivity contribution in [3.05, 3.63) is 0 Å². The Morgan fingerprint density at radius 3 is 1.33 bits per heavy atom. The Morgan fingerprint density at radius 2 is 1.33 bits per heavy atom. The third-order valence-electron chi connectivity index (χ3n) is 0.707. The van der Waals surface area contributed by atoms with Crippen LogP contribution in [0.1, 0.15) is 33.1 Å². The second kappa shape index (κ2) is 9.38. The summed E-state index contributed by atoms with van der Waals surface area (Å²) in [6.07, 6.45) is 4.08. The summed E-state index contributed by atoms with van der Waals surface area (Å²) in [4.78, 5) is 0. The molecule has 1 heteroatoms. The van der Waals surface area contributed by atoms with E-state index in [0.29, 0.717) is 0 Å². The number of rotatable bonds is 2. The molecule has 0 N–H and O–H groups in total. The molecule has 0 saturated carbocycles. The van der Waals surface area contributed by atoms with Crippen LogP contribution in [0.3, 0.4) is 0 Å². The van der Waals surface area contributed by atoms with Gasteiger partial charge in [-0.1, -0.05) is 33.1 Å². The van der Waals surface area contributed by atoms with Crippen LogP contribution in [0.25, 0.3) is 0 Å². The second-order valence-corrected chi connectivity index (χ2v) is 1.35. The van der Waals surface area contributed by atoms with Gasteiger partial charge in [0.25, 0.3) is 0 Å². The van der Waals surface area contributed by atoms with E-state index >= 15 is 0 Å². The standard InChI is InChI=1S/C5H12.Na.H/c1-3-5-4-2;;/h3-5H2,1-2H3;;. The SMILES string of the molecule is CCCCC.[NaH]. The van der Waals surface area contributed by atoms with Crippen LogP contribution in [0, 0.1) is 0 Å². The van der Waals surface area contributed by atoms with E-state index in [0.717, 1.165) is 0 Å². The Hall–Kier alpha value is 1.00. The third-order valence-corrected chi connectivity index (χ3v) is 0.707. The first-order valence-electron chi connectivity index (χ1n) is 2.41. The Bertz CT molecular complexity index is 11.4. The predicted octanol–water partition coefficient (Wildman–Crippen LogP) is 1.55. The van der Waals surface area contributed by atoms with Crippen molar-refractivity contribution in [2.75, 3.05) is 0 Å². The van der Waals surface area contributed by atoms with Gasteiger partial charge in [0, 0.05) is 0 Å². The topological polar surface area (TPSA) is 0 Å². The molecule has 0 aromatic heterocycles. The van der Waals surface area contributed by atoms with Crippen molar-refractivity contribution in [2.45, 2.75) is 33.1 Å². The summed E-state index contributed by atoms with van der Waals surface area (Å²) in [5.41, 5.74) is 0. The van der Waals surface area contributed by atoms with Gasteiger partial charge >= 0.3 is 29.6 Å². The van der Waals surface area contributed by atoms with Gasteiger partial charge in [-0.3, -0.25) is 0 Å². The molecule has 0 aliphatic rings. The molecule has 0 heterocycles. The summed E-state index contributed by atoms with van der Waals surface area (Å²) in [5, 5.41) is 0. The molecule has 0 nitrogen and oxygen atoms in total. The molecule has 0 bridgehead atoms. The first-order chi connectivity index (χ1) is 2.41. The van der Waals surface area contributed by atoms with Crippen LogP contribution < -0.4 is 0 Å². The van der Waals surface area contributed by atoms with Gasteiger partial charge in [-0.2, -0.15) is 0 Å². The van der Waals surface area contributed by atoms with E-state index in [1.807, 2.05) is 0 Å². The van der Waals surface area contributed by atoms with Crippen molar-refractivity contribution in [2.24, 2.45) is 0 Å². The Morgan fingerprint density at radius 1 is 1.00 bits per heavy atom. The maximum atomic E-state index is 2.21. The molecule has 0 amide bonds. The van der Waals surface area contributed by atoms with Crippen molar-refractivity contribution in [3.63, 3.8) is 0 Å². The van der Waals surface area contributed by atoms with Crippen LogP contribution in [0.4, 0.5) is 0 Å². The zero-order valence-electron chi connectivity index (χ0n) is 4.12. The molecule has 0 unspecified atom stereocenters. The van der Waals surface area contributed by atoms with Crippen LogP contribution in [0.15, 0.2) is 0 Å². The number of hydrogen-bond donors (Lipinski definition) is 0. The van der Waals surface area contributed by atoms with E-state index < -0.39 is 0 Å². The van der Waals surface area contributed by atoms with Crippen LogP contribution >= 0.6 is 0 Å². The van der Waals surface area contributed by atoms with E-state index in [-0.39, 0.29) is 29.6 Å². The second-order valence-electron chi connectivity index (χ2n) is 1.35. The normalized spacial score (nSPS) is 7.00. The van der Waals surface area contributed by atoms with Crippen LogP contribution in [0.2, 0.25) is 0 Å². The molecular formula is C5H13Na. The average Bonchev–Trinajstić information content (AvgIpc) is 1.41. The van der Waals surface area contributed by atoms with E-state index in [4.69, 9.17) is 0 Å². The van der Waals surface area contributed by atoms with Gasteiger partial charge in [0.05, 0.1) is 0 Å². The van der Waals surface area contributed by atoms with E-state index in [9.17, 15) is 0 Å². The molecule has 0 saturated heterocycles. The summed E-state index contributed by atoms with van der Waals surface area (Å²) >= 11 is 0. The summed E-state index contributed by atoms with van der Waals surface area (Å²) < 4.78 is 0. The van der Waals surface area contributed by atoms with Gasteiger partial charge in [0.15, 0.2) is 0 Å². The number of unbranched alkanes of at least 4 members (excludes halogenated alkanes) is 2. The van der Waals surface area contributed by atoms with Gasteiger partial charge in [-0.05, 0) is 0 Å². The molecular weight excluding hydrogens is 83.0 g/mol. The fourth-order valence-electron chi connectivity index (χ4n) is 0.354. The van der Waals surface area contributed by atoms with Crippen molar-refractivity contribution >= 4 is 29.6 Å². The minimum atomic E-state index is 0. The molecule has 0 radical (unpaired) electrons.